The zero-order valence-electron chi connectivity index (χ0n) is 6.78. The van der Waals surface area contributed by atoms with E-state index in [0.29, 0.717) is 0 Å². The molecule has 3 heteroatoms. The lowest BCUT2D eigenvalue weighted by Gasteiger charge is -2.16. The van der Waals surface area contributed by atoms with Gasteiger partial charge in [0.05, 0.1) is 10.4 Å². The summed E-state index contributed by atoms with van der Waals surface area (Å²) in [4.78, 5) is 5.69. The number of rotatable bonds is 5. The van der Waals surface area contributed by atoms with Crippen molar-refractivity contribution in [2.75, 3.05) is 26.2 Å². The van der Waals surface area contributed by atoms with Gasteiger partial charge in [-0.15, -0.1) is 0 Å². The third-order valence-corrected chi connectivity index (χ3v) is 2.07. The fourth-order valence-electron chi connectivity index (χ4n) is 0.810. The third kappa shape index (κ3) is 4.63. The Morgan fingerprint density at radius 1 is 1.33 bits per heavy atom. The maximum absolute atomic E-state index is 3.26. The van der Waals surface area contributed by atoms with Crippen LogP contribution in [0.5, 0.6) is 0 Å². The molecule has 2 nitrogen and oxygen atoms in total. The highest BCUT2D eigenvalue weighted by atomic mass is 28.2. The molecule has 0 aliphatic carbocycles. The zero-order chi connectivity index (χ0) is 7.11. The molecule has 0 aliphatic rings. The highest BCUT2D eigenvalue weighted by molar-refractivity contribution is 6.04. The van der Waals surface area contributed by atoms with E-state index in [9.17, 15) is 0 Å². The number of hydrogen-bond acceptors (Lipinski definition) is 2. The largest absolute Gasteiger partial charge is 0.344 e. The van der Waals surface area contributed by atoms with Crippen LogP contribution in [-0.2, 0) is 0 Å². The van der Waals surface area contributed by atoms with Crippen molar-refractivity contribution in [1.82, 2.24) is 9.88 Å². The fraction of sp³-hybridized carbons (Fsp3) is 1.00. The van der Waals surface area contributed by atoms with Crippen molar-refractivity contribution in [3.8, 4) is 0 Å². The van der Waals surface area contributed by atoms with Crippen LogP contribution in [0, 0.1) is 0 Å². The fourth-order valence-corrected chi connectivity index (χ4v) is 1.03. The molecule has 0 aromatic heterocycles. The van der Waals surface area contributed by atoms with Gasteiger partial charge in [0, 0.05) is 13.1 Å². The molecule has 56 valence electrons. The second-order valence-corrected chi connectivity index (χ2v) is 2.84. The zero-order valence-corrected chi connectivity index (χ0v) is 8.78. The van der Waals surface area contributed by atoms with Gasteiger partial charge >= 0.3 is 0 Å². The smallest absolute Gasteiger partial charge is 0.0749 e. The number of nitrogens with one attached hydrogen (secondary N) is 1. The van der Waals surface area contributed by atoms with Crippen LogP contribution in [0.4, 0.5) is 0 Å². The summed E-state index contributed by atoms with van der Waals surface area (Å²) in [5, 5.41) is 0. The van der Waals surface area contributed by atoms with Gasteiger partial charge in [0.15, 0.2) is 0 Å². The van der Waals surface area contributed by atoms with E-state index in [4.69, 9.17) is 0 Å². The van der Waals surface area contributed by atoms with E-state index in [1.165, 1.54) is 19.6 Å². The Bertz CT molecular complexity index is 55.0. The van der Waals surface area contributed by atoms with Gasteiger partial charge in [-0.25, -0.2) is 0 Å². The van der Waals surface area contributed by atoms with Crippen LogP contribution in [0.2, 0.25) is 0 Å². The molecule has 0 saturated heterocycles. The Morgan fingerprint density at radius 3 is 2.22 bits per heavy atom. The molecule has 1 N–H and O–H groups in total. The van der Waals surface area contributed by atoms with Crippen LogP contribution in [0.15, 0.2) is 0 Å². The van der Waals surface area contributed by atoms with E-state index in [-0.39, 0.29) is 0 Å². The molecule has 0 aromatic rings. The van der Waals surface area contributed by atoms with E-state index in [1.54, 1.807) is 0 Å². The van der Waals surface area contributed by atoms with Gasteiger partial charge in [0.2, 0.25) is 0 Å². The normalized spacial score (nSPS) is 11.0. The molecule has 0 amide bonds. The molecule has 0 saturated carbocycles. The molecular weight excluding hydrogens is 128 g/mol. The third-order valence-electron chi connectivity index (χ3n) is 1.57. The molecule has 0 heterocycles. The minimum absolute atomic E-state index is 1.12. The van der Waals surface area contributed by atoms with E-state index >= 15 is 0 Å². The molecule has 0 rings (SSSR count). The maximum atomic E-state index is 3.26. The topological polar surface area (TPSA) is 15.3 Å². The monoisotopic (exact) mass is 146 g/mol. The lowest BCUT2D eigenvalue weighted by atomic mass is 10.5. The van der Waals surface area contributed by atoms with Crippen molar-refractivity contribution in [1.29, 1.82) is 0 Å². The lowest BCUT2D eigenvalue weighted by molar-refractivity contribution is 0.309. The van der Waals surface area contributed by atoms with Crippen LogP contribution < -0.4 is 4.98 Å². The van der Waals surface area contributed by atoms with Crippen molar-refractivity contribution >= 4 is 10.4 Å². The van der Waals surface area contributed by atoms with Crippen LogP contribution in [-0.4, -0.2) is 41.5 Å². The first-order valence-electron chi connectivity index (χ1n) is 3.72. The predicted molar refractivity (Wildman–Crippen MR) is 45.7 cm³/mol. The Labute approximate surface area is 61.1 Å². The molecular formula is C6H18N2Si. The molecule has 9 heavy (non-hydrogen) atoms. The van der Waals surface area contributed by atoms with E-state index in [0.717, 1.165) is 16.9 Å². The van der Waals surface area contributed by atoms with Crippen LogP contribution >= 0.6 is 0 Å². The molecule has 0 atom stereocenters. The molecule has 0 bridgehead atoms. The highest BCUT2D eigenvalue weighted by Crippen LogP contribution is 1.82. The summed E-state index contributed by atoms with van der Waals surface area (Å²) in [5.41, 5.74) is 0. The number of likely N-dealkylation sites (N-methyl/N-ethyl adjacent to an activating group) is 1. The molecule has 0 unspecified atom stereocenters. The van der Waals surface area contributed by atoms with Crippen molar-refractivity contribution in [3.05, 3.63) is 0 Å². The summed E-state index contributed by atoms with van der Waals surface area (Å²) in [5.74, 6) is 0. The predicted octanol–water partition coefficient (Wildman–Crippen LogP) is -0.802. The summed E-state index contributed by atoms with van der Waals surface area (Å²) in [6, 6.07) is 0. The average Bonchev–Trinajstić information content (AvgIpc) is 1.91. The first-order chi connectivity index (χ1) is 4.35. The second kappa shape index (κ2) is 6.26. The van der Waals surface area contributed by atoms with E-state index in [1.807, 2.05) is 0 Å². The molecule has 0 fully saturated rings. The summed E-state index contributed by atoms with van der Waals surface area (Å²) in [6.45, 7) is 9.14. The molecule has 0 aliphatic heterocycles. The van der Waals surface area contributed by atoms with Crippen molar-refractivity contribution in [3.63, 3.8) is 0 Å². The van der Waals surface area contributed by atoms with Crippen molar-refractivity contribution in [2.24, 2.45) is 0 Å². The Kier molecular flexibility index (Phi) is 6.35. The maximum Gasteiger partial charge on any atom is 0.0749 e. The standard InChI is InChI=1S/C6H18N2Si/c1-3-8(4-2)6-5-7-9/h7H,3-6H2,1-2,9H3. The summed E-state index contributed by atoms with van der Waals surface area (Å²) < 4.78 is 0. The Morgan fingerprint density at radius 2 is 1.89 bits per heavy atom. The van der Waals surface area contributed by atoms with Gasteiger partial charge in [0.25, 0.3) is 0 Å². The highest BCUT2D eigenvalue weighted by Gasteiger charge is 1.94. The molecule has 0 spiro atoms. The SMILES string of the molecule is CCN(CC)CCN[SiH3]. The Hall–Kier alpha value is 0.137. The minimum Gasteiger partial charge on any atom is -0.344 e. The number of nitrogens with zero attached hydrogens (tertiary/aromatic N) is 1. The van der Waals surface area contributed by atoms with E-state index < -0.39 is 0 Å². The number of hydrogen-bond donors (Lipinski definition) is 1. The summed E-state index contributed by atoms with van der Waals surface area (Å²) in [6.07, 6.45) is 0. The van der Waals surface area contributed by atoms with Crippen molar-refractivity contribution < 1.29 is 0 Å². The minimum atomic E-state index is 1.12. The quantitative estimate of drug-likeness (QED) is 0.511. The Balaban J connectivity index is 3.09. The van der Waals surface area contributed by atoms with Gasteiger partial charge in [-0.1, -0.05) is 13.8 Å². The van der Waals surface area contributed by atoms with Crippen LogP contribution in [0.3, 0.4) is 0 Å². The summed E-state index contributed by atoms with van der Waals surface area (Å²) in [7, 11) is 1.12. The van der Waals surface area contributed by atoms with Crippen LogP contribution in [0.25, 0.3) is 0 Å². The van der Waals surface area contributed by atoms with Crippen LogP contribution in [0.1, 0.15) is 13.8 Å². The van der Waals surface area contributed by atoms with Gasteiger partial charge in [0.1, 0.15) is 0 Å². The molecule has 0 radical (unpaired) electrons. The van der Waals surface area contributed by atoms with Gasteiger partial charge in [-0.2, -0.15) is 0 Å². The van der Waals surface area contributed by atoms with E-state index in [2.05, 4.69) is 23.7 Å². The van der Waals surface area contributed by atoms with Gasteiger partial charge < -0.3 is 9.88 Å². The summed E-state index contributed by atoms with van der Waals surface area (Å²) >= 11 is 0. The molecule has 0 aromatic carbocycles. The lowest BCUT2D eigenvalue weighted by Crippen LogP contribution is -2.30. The van der Waals surface area contributed by atoms with Crippen molar-refractivity contribution in [2.45, 2.75) is 13.8 Å². The van der Waals surface area contributed by atoms with Gasteiger partial charge in [-0.3, -0.25) is 0 Å². The van der Waals surface area contributed by atoms with Gasteiger partial charge in [-0.05, 0) is 13.1 Å². The first-order valence-corrected chi connectivity index (χ1v) is 4.72. The first kappa shape index (κ1) is 9.14. The average molecular weight is 146 g/mol. The second-order valence-electron chi connectivity index (χ2n) is 2.13.